The molecule has 0 unspecified atom stereocenters. The fourth-order valence-electron chi connectivity index (χ4n) is 0.943. The fraction of sp³-hybridized carbons (Fsp3) is 0. The van der Waals surface area contributed by atoms with Gasteiger partial charge in [0.15, 0.2) is 0 Å². The van der Waals surface area contributed by atoms with Crippen LogP contribution in [-0.2, 0) is 10.1 Å². The topological polar surface area (TPSA) is 54.4 Å². The van der Waals surface area contributed by atoms with E-state index in [-0.39, 0.29) is 4.90 Å². The van der Waals surface area contributed by atoms with Gasteiger partial charge in [-0.2, -0.15) is 0 Å². The maximum atomic E-state index is 10.6. The molecule has 0 aliphatic carbocycles. The molecule has 0 atom stereocenters. The molecule has 1 aromatic rings. The molecule has 0 heterocycles. The average Bonchev–Trinajstić information content (AvgIpc) is 2.04. The summed E-state index contributed by atoms with van der Waals surface area (Å²) >= 11 is 0.965. The van der Waals surface area contributed by atoms with E-state index < -0.39 is 10.1 Å². The molecule has 1 rings (SSSR count). The van der Waals surface area contributed by atoms with Crippen molar-refractivity contribution in [1.82, 2.24) is 0 Å². The van der Waals surface area contributed by atoms with Crippen molar-refractivity contribution < 1.29 is 13.0 Å². The summed E-state index contributed by atoms with van der Waals surface area (Å²) in [6, 6.07) is 6.06. The Labute approximate surface area is 94.6 Å². The molecule has 0 radical (unpaired) electrons. The summed E-state index contributed by atoms with van der Waals surface area (Å²) in [4.78, 5) is -0.0713. The van der Waals surface area contributed by atoms with Gasteiger partial charge >= 0.3 is 95.1 Å². The van der Waals surface area contributed by atoms with Gasteiger partial charge in [-0.05, 0) is 0 Å². The Morgan fingerprint density at radius 2 is 1.77 bits per heavy atom. The molecular formula is C8H7NaO3S. The van der Waals surface area contributed by atoms with Crippen molar-refractivity contribution in [2.24, 2.45) is 0 Å². The number of rotatable bonds is 2. The van der Waals surface area contributed by atoms with Crippen molar-refractivity contribution in [3.8, 4) is 0 Å². The Balaban J connectivity index is 3.08. The van der Waals surface area contributed by atoms with Crippen molar-refractivity contribution >= 4 is 44.1 Å². The fourth-order valence-corrected chi connectivity index (χ4v) is 1.81. The number of hydrogen-bond acceptors (Lipinski definition) is 2. The summed E-state index contributed by atoms with van der Waals surface area (Å²) in [6.45, 7) is 0. The van der Waals surface area contributed by atoms with Crippen LogP contribution in [0.3, 0.4) is 0 Å². The molecule has 3 nitrogen and oxygen atoms in total. The molecule has 13 heavy (non-hydrogen) atoms. The summed E-state index contributed by atoms with van der Waals surface area (Å²) in [7, 11) is -4.05. The first-order valence-corrected chi connectivity index (χ1v) is 6.34. The van der Waals surface area contributed by atoms with Crippen molar-refractivity contribution in [2.75, 3.05) is 0 Å². The van der Waals surface area contributed by atoms with Gasteiger partial charge < -0.3 is 0 Å². The van der Waals surface area contributed by atoms with E-state index in [0.29, 0.717) is 0 Å². The van der Waals surface area contributed by atoms with Crippen LogP contribution in [0.4, 0.5) is 0 Å². The zero-order chi connectivity index (χ0) is 9.90. The zero-order valence-corrected chi connectivity index (χ0v) is 9.95. The molecule has 0 saturated heterocycles. The van der Waals surface area contributed by atoms with Gasteiger partial charge in [-0.15, -0.1) is 0 Å². The van der Waals surface area contributed by atoms with Crippen LogP contribution in [0, 0.1) is 0 Å². The first-order valence-electron chi connectivity index (χ1n) is 3.74. The summed E-state index contributed by atoms with van der Waals surface area (Å²) < 4.78 is 32.0. The van der Waals surface area contributed by atoms with Crippen LogP contribution in [-0.4, -0.2) is 40.9 Å². The van der Waals surface area contributed by atoms with Gasteiger partial charge in [0.1, 0.15) is 0 Å². The first-order chi connectivity index (χ1) is 6.04. The summed E-state index contributed by atoms with van der Waals surface area (Å²) in [5.41, 5.74) is 0.933. The first kappa shape index (κ1) is 10.9. The minimum atomic E-state index is -4.05. The van der Waals surface area contributed by atoms with Crippen molar-refractivity contribution in [3.63, 3.8) is 0 Å². The second-order valence-electron chi connectivity index (χ2n) is 2.54. The molecule has 0 aliphatic heterocycles. The molecule has 1 N–H and O–H groups in total. The second-order valence-corrected chi connectivity index (χ2v) is 4.63. The van der Waals surface area contributed by atoms with Gasteiger partial charge in [0.25, 0.3) is 0 Å². The predicted octanol–water partition coefficient (Wildman–Crippen LogP) is 1.07. The van der Waals surface area contributed by atoms with Gasteiger partial charge in [-0.3, -0.25) is 0 Å². The van der Waals surface area contributed by atoms with Crippen molar-refractivity contribution in [3.05, 3.63) is 33.2 Å². The SMILES string of the molecule is O=S(=O)(O)c1ccc(C=[CH][Na])cc1. The Bertz CT molecular complexity index is 406. The summed E-state index contributed by atoms with van der Waals surface area (Å²) in [5, 5.41) is 0. The summed E-state index contributed by atoms with van der Waals surface area (Å²) in [6.07, 6.45) is 1.90. The zero-order valence-electron chi connectivity index (χ0n) is 7.14. The molecule has 0 fully saturated rings. The van der Waals surface area contributed by atoms with E-state index in [9.17, 15) is 8.42 Å². The molecule has 0 amide bonds. The Morgan fingerprint density at radius 3 is 2.15 bits per heavy atom. The maximum absolute atomic E-state index is 10.6. The van der Waals surface area contributed by atoms with Crippen LogP contribution < -0.4 is 0 Å². The monoisotopic (exact) mass is 206 g/mol. The van der Waals surface area contributed by atoms with Crippen LogP contribution in [0.25, 0.3) is 6.08 Å². The van der Waals surface area contributed by atoms with E-state index in [4.69, 9.17) is 4.55 Å². The van der Waals surface area contributed by atoms with Crippen LogP contribution in [0.1, 0.15) is 5.56 Å². The van der Waals surface area contributed by atoms with E-state index in [0.717, 1.165) is 33.5 Å². The molecule has 0 aliphatic rings. The van der Waals surface area contributed by atoms with E-state index in [1.165, 1.54) is 12.1 Å². The van der Waals surface area contributed by atoms with Crippen molar-refractivity contribution in [1.29, 1.82) is 0 Å². The molecule has 5 heteroatoms. The van der Waals surface area contributed by atoms with Crippen LogP contribution in [0.15, 0.2) is 32.5 Å². The number of benzene rings is 1. The average molecular weight is 206 g/mol. The predicted molar refractivity (Wildman–Crippen MR) is 51.0 cm³/mol. The third-order valence-electron chi connectivity index (χ3n) is 1.54. The van der Waals surface area contributed by atoms with E-state index in [1.54, 1.807) is 12.1 Å². The molecule has 0 spiro atoms. The van der Waals surface area contributed by atoms with Crippen molar-refractivity contribution in [2.45, 2.75) is 4.90 Å². The van der Waals surface area contributed by atoms with Crippen LogP contribution in [0.5, 0.6) is 0 Å². The van der Waals surface area contributed by atoms with Gasteiger partial charge in [-0.1, -0.05) is 0 Å². The molecular weight excluding hydrogens is 199 g/mol. The Morgan fingerprint density at radius 1 is 1.23 bits per heavy atom. The third-order valence-corrected chi connectivity index (χ3v) is 2.74. The second kappa shape index (κ2) is 4.39. The Hall–Kier alpha value is -0.130. The quantitative estimate of drug-likeness (QED) is 0.581. The van der Waals surface area contributed by atoms with E-state index in [1.807, 2.05) is 9.40 Å². The van der Waals surface area contributed by atoms with Gasteiger partial charge in [0, 0.05) is 0 Å². The van der Waals surface area contributed by atoms with E-state index >= 15 is 0 Å². The molecule has 64 valence electrons. The number of hydrogen-bond donors (Lipinski definition) is 1. The standard InChI is InChI=1S/C8H7O3S.Na/c1-2-7-3-5-8(6-4-7)12(9,10)11;/h1-6H,(H,9,10,11);. The van der Waals surface area contributed by atoms with Gasteiger partial charge in [0.2, 0.25) is 0 Å². The molecule has 1 aromatic carbocycles. The van der Waals surface area contributed by atoms with Gasteiger partial charge in [-0.25, -0.2) is 0 Å². The minimum absolute atomic E-state index is 0.0713. The van der Waals surface area contributed by atoms with Crippen LogP contribution >= 0.6 is 0 Å². The van der Waals surface area contributed by atoms with E-state index in [2.05, 4.69) is 0 Å². The third kappa shape index (κ3) is 3.25. The molecule has 0 bridgehead atoms. The molecule has 0 saturated carbocycles. The van der Waals surface area contributed by atoms with Crippen LogP contribution in [0.2, 0.25) is 0 Å². The Kier molecular flexibility index (Phi) is 3.70. The normalized spacial score (nSPS) is 12.2. The van der Waals surface area contributed by atoms with Gasteiger partial charge in [0.05, 0.1) is 0 Å². The molecule has 0 aromatic heterocycles. The summed E-state index contributed by atoms with van der Waals surface area (Å²) in [5.74, 6) is 0.